The van der Waals surface area contributed by atoms with Crippen LogP contribution >= 0.6 is 0 Å². The Hall–Kier alpha value is -0.980. The fourth-order valence-corrected chi connectivity index (χ4v) is 14.7. The number of aliphatic hydroxyl groups excluding tert-OH is 12. The summed E-state index contributed by atoms with van der Waals surface area (Å²) in [6.07, 6.45) is -16.4. The largest absolute Gasteiger partial charge is 0.394 e. The minimum Gasteiger partial charge on any atom is -0.394 e. The Bertz CT molecular complexity index is 1660. The third-order valence-corrected chi connectivity index (χ3v) is 18.4. The van der Waals surface area contributed by atoms with Crippen molar-refractivity contribution in [2.45, 2.75) is 217 Å². The van der Waals surface area contributed by atoms with E-state index in [1.165, 1.54) is 0 Å². The fourth-order valence-electron chi connectivity index (χ4n) is 14.7. The predicted molar refractivity (Wildman–Crippen MR) is 229 cm³/mol. The lowest BCUT2D eigenvalue weighted by molar-refractivity contribution is -0.350. The molecule has 0 aromatic rings. The van der Waals surface area contributed by atoms with Crippen LogP contribution in [0.4, 0.5) is 0 Å². The van der Waals surface area contributed by atoms with E-state index < -0.39 is 145 Å². The highest BCUT2D eigenvalue weighted by molar-refractivity contribution is 5.21. The second-order valence-electron chi connectivity index (χ2n) is 22.6. The minimum absolute atomic E-state index is 0.00162. The van der Waals surface area contributed by atoms with Crippen LogP contribution in [-0.2, 0) is 28.4 Å². The summed E-state index contributed by atoms with van der Waals surface area (Å²) in [5.74, 6) is -0.101. The first-order chi connectivity index (χ1) is 30.3. The highest BCUT2D eigenvalue weighted by Crippen LogP contribution is 2.75. The fraction of sp³-hybridized carbons (Fsp3) is 0.957. The molecule has 7 rings (SSSR count). The van der Waals surface area contributed by atoms with Crippen LogP contribution < -0.4 is 0 Å². The lowest BCUT2D eigenvalue weighted by Gasteiger charge is -2.69. The van der Waals surface area contributed by atoms with Gasteiger partial charge in [0.15, 0.2) is 18.9 Å². The van der Waals surface area contributed by atoms with Gasteiger partial charge in [0, 0.05) is 5.41 Å². The molecule has 0 aromatic carbocycles. The molecule has 18 nitrogen and oxygen atoms in total. The van der Waals surface area contributed by atoms with Crippen LogP contribution in [0.15, 0.2) is 11.6 Å². The Labute approximate surface area is 382 Å². The normalized spacial score (nSPS) is 53.0. The van der Waals surface area contributed by atoms with Crippen molar-refractivity contribution in [3.05, 3.63) is 11.6 Å². The summed E-state index contributed by atoms with van der Waals surface area (Å²) >= 11 is 0. The number of hydrogen-bond donors (Lipinski definition) is 12. The van der Waals surface area contributed by atoms with Crippen molar-refractivity contribution in [3.8, 4) is 0 Å². The van der Waals surface area contributed by atoms with Crippen molar-refractivity contribution in [3.63, 3.8) is 0 Å². The van der Waals surface area contributed by atoms with Gasteiger partial charge in [-0.15, -0.1) is 0 Å². The van der Waals surface area contributed by atoms with Gasteiger partial charge in [-0.25, -0.2) is 0 Å². The maximum Gasteiger partial charge on any atom is 0.187 e. The molecule has 0 spiro atoms. The van der Waals surface area contributed by atoms with Crippen molar-refractivity contribution in [1.29, 1.82) is 0 Å². The molecule has 18 heteroatoms. The van der Waals surface area contributed by atoms with Gasteiger partial charge in [0.25, 0.3) is 0 Å². The number of rotatable bonds is 12. The molecule has 4 aliphatic carbocycles. The van der Waals surface area contributed by atoms with Gasteiger partial charge in [-0.3, -0.25) is 0 Å². The van der Waals surface area contributed by atoms with Crippen LogP contribution in [0.2, 0.25) is 0 Å². The van der Waals surface area contributed by atoms with Gasteiger partial charge in [0.2, 0.25) is 0 Å². The van der Waals surface area contributed by atoms with Crippen LogP contribution in [0.3, 0.4) is 0 Å². The summed E-state index contributed by atoms with van der Waals surface area (Å²) in [6.45, 7) is 15.4. The van der Waals surface area contributed by atoms with E-state index in [1.54, 1.807) is 0 Å². The number of hydrogen-bond acceptors (Lipinski definition) is 18. The monoisotopic (exact) mass is 933 g/mol. The maximum atomic E-state index is 12.8. The van der Waals surface area contributed by atoms with Gasteiger partial charge in [0.1, 0.15) is 67.1 Å². The van der Waals surface area contributed by atoms with E-state index in [-0.39, 0.29) is 30.3 Å². The maximum absolute atomic E-state index is 12.8. The molecule has 0 amide bonds. The van der Waals surface area contributed by atoms with Crippen molar-refractivity contribution >= 4 is 0 Å². The molecular formula is C47H80O18. The molecular weight excluding hydrogens is 852 g/mol. The Kier molecular flexibility index (Phi) is 15.1. The van der Waals surface area contributed by atoms with Gasteiger partial charge < -0.3 is 89.7 Å². The van der Waals surface area contributed by atoms with Crippen molar-refractivity contribution in [2.24, 2.45) is 45.3 Å². The Morgan fingerprint density at radius 2 is 1.32 bits per heavy atom. The van der Waals surface area contributed by atoms with E-state index >= 15 is 0 Å². The van der Waals surface area contributed by atoms with Gasteiger partial charge in [0.05, 0.1) is 43.7 Å². The summed E-state index contributed by atoms with van der Waals surface area (Å²) in [5, 5.41) is 130. The SMILES string of the molecule is CC(C)=CCC[C@](C)(O[C@@H]1O[C@H](CO)[C@@H](O)[C@H](O)[C@H]1O)[C@H]1CC[C@@]2(C)[C@@H]3CC[C@H]4C(C)(C)[C@@H](O[C@@H]5O[C@H](CO[C@@H]6OC[C@@H](O)[C@H](O)[C@H]6O)[C@@H](O)[C@H](O)[C@H]5O)[C@H](O)C[C@]4(C)[C@H]3C[C@@H](O)[C@]12C. The standard InChI is InChI=1S/C47H80O18/c1-21(2)10-9-14-46(7,65-42-38(59)34(55)32(53)26(18-48)62-42)29-13-15-45(6)22-11-12-28-43(3,4)39(24(49)17-44(28,5)23(22)16-30(51)47(29,45)8)64-41-37(58)35(56)33(54)27(63-41)20-61-40-36(57)31(52)25(50)19-60-40/h10,22-42,48-59H,9,11-20H2,1-8H3/t22-,23+,24-,25-,26-,27-,28+,29-,30-,31+,32-,33-,34+,35+,36-,37-,38-,39+,40+,41+,42+,44-,45+,46+,47+/m1/s1. The number of aliphatic hydroxyl groups is 12. The molecule has 0 aromatic heterocycles. The van der Waals surface area contributed by atoms with Crippen LogP contribution in [-0.4, -0.2) is 191 Å². The first kappa shape index (κ1) is 51.9. The molecule has 0 radical (unpaired) electrons. The lowest BCUT2D eigenvalue weighted by Crippen LogP contribution is -2.69. The molecule has 4 saturated carbocycles. The first-order valence-electron chi connectivity index (χ1n) is 23.9. The van der Waals surface area contributed by atoms with Crippen molar-refractivity contribution < 1.29 is 89.7 Å². The molecule has 12 N–H and O–H groups in total. The molecule has 376 valence electrons. The van der Waals surface area contributed by atoms with Crippen LogP contribution in [0.5, 0.6) is 0 Å². The Morgan fingerprint density at radius 3 is 1.97 bits per heavy atom. The highest BCUT2D eigenvalue weighted by Gasteiger charge is 2.73. The average Bonchev–Trinajstić information content (AvgIpc) is 3.54. The van der Waals surface area contributed by atoms with Gasteiger partial charge in [-0.2, -0.15) is 0 Å². The highest BCUT2D eigenvalue weighted by atomic mass is 16.7. The minimum atomic E-state index is -1.72. The molecule has 0 unspecified atom stereocenters. The molecule has 65 heavy (non-hydrogen) atoms. The molecule has 3 aliphatic heterocycles. The zero-order valence-corrected chi connectivity index (χ0v) is 39.3. The third-order valence-electron chi connectivity index (χ3n) is 18.4. The van der Waals surface area contributed by atoms with Crippen LogP contribution in [0.25, 0.3) is 0 Å². The van der Waals surface area contributed by atoms with Gasteiger partial charge in [-0.05, 0) is 112 Å². The van der Waals surface area contributed by atoms with E-state index in [9.17, 15) is 61.3 Å². The van der Waals surface area contributed by atoms with E-state index in [0.29, 0.717) is 32.1 Å². The van der Waals surface area contributed by atoms with Crippen LogP contribution in [0, 0.1) is 45.3 Å². The lowest BCUT2D eigenvalue weighted by atomic mass is 9.37. The summed E-state index contributed by atoms with van der Waals surface area (Å²) in [5.41, 5.74) is -2.11. The van der Waals surface area contributed by atoms with Crippen LogP contribution in [0.1, 0.15) is 107 Å². The topological polar surface area (TPSA) is 298 Å². The average molecular weight is 933 g/mol. The summed E-state index contributed by atoms with van der Waals surface area (Å²) in [6, 6.07) is 0. The van der Waals surface area contributed by atoms with Crippen molar-refractivity contribution in [1.82, 2.24) is 0 Å². The molecule has 3 saturated heterocycles. The Morgan fingerprint density at radius 1 is 0.708 bits per heavy atom. The van der Waals surface area contributed by atoms with Gasteiger partial charge >= 0.3 is 0 Å². The second kappa shape index (κ2) is 19.0. The molecule has 0 bridgehead atoms. The second-order valence-corrected chi connectivity index (χ2v) is 22.6. The van der Waals surface area contributed by atoms with Gasteiger partial charge in [-0.1, -0.05) is 46.3 Å². The first-order valence-corrected chi connectivity index (χ1v) is 23.9. The van der Waals surface area contributed by atoms with E-state index in [0.717, 1.165) is 24.8 Å². The Balaban J connectivity index is 1.10. The number of ether oxygens (including phenoxy) is 6. The summed E-state index contributed by atoms with van der Waals surface area (Å²) in [4.78, 5) is 0. The molecule has 3 heterocycles. The summed E-state index contributed by atoms with van der Waals surface area (Å²) in [7, 11) is 0. The smallest absolute Gasteiger partial charge is 0.187 e. The van der Waals surface area contributed by atoms with E-state index in [4.69, 9.17) is 28.4 Å². The van der Waals surface area contributed by atoms with E-state index in [1.807, 2.05) is 34.6 Å². The quantitative estimate of drug-likeness (QED) is 0.0874. The zero-order valence-electron chi connectivity index (χ0n) is 39.3. The number of fused-ring (bicyclic) bond motifs is 5. The molecule has 25 atom stereocenters. The van der Waals surface area contributed by atoms with Crippen molar-refractivity contribution in [2.75, 3.05) is 19.8 Å². The third kappa shape index (κ3) is 8.72. The predicted octanol–water partition coefficient (Wildman–Crippen LogP) is -0.417. The summed E-state index contributed by atoms with van der Waals surface area (Å²) < 4.78 is 36.1. The zero-order chi connectivity index (χ0) is 47.9. The molecule has 7 aliphatic rings. The van der Waals surface area contributed by atoms with E-state index in [2.05, 4.69) is 26.8 Å². The molecule has 7 fully saturated rings. The number of allylic oxidation sites excluding steroid dienone is 2.